The SMILES string of the molecule is COc1ccc(/C=C/C(=O)N(C)CC(=O)Nc2ccc(C)cc2)c(OC)c1. The number of anilines is 1. The van der Waals surface area contributed by atoms with Crippen molar-refractivity contribution in [2.75, 3.05) is 33.1 Å². The third-order valence-corrected chi connectivity index (χ3v) is 3.94. The van der Waals surface area contributed by atoms with Crippen molar-refractivity contribution in [2.45, 2.75) is 6.92 Å². The normalized spacial score (nSPS) is 10.5. The van der Waals surface area contributed by atoms with Crippen molar-refractivity contribution in [1.82, 2.24) is 4.90 Å². The molecule has 0 aliphatic heterocycles. The summed E-state index contributed by atoms with van der Waals surface area (Å²) in [7, 11) is 4.70. The Kier molecular flexibility index (Phi) is 7.00. The van der Waals surface area contributed by atoms with E-state index in [0.29, 0.717) is 17.2 Å². The molecule has 0 atom stereocenters. The van der Waals surface area contributed by atoms with Gasteiger partial charge >= 0.3 is 0 Å². The lowest BCUT2D eigenvalue weighted by Crippen LogP contribution is -2.33. The van der Waals surface area contributed by atoms with Gasteiger partial charge in [-0.15, -0.1) is 0 Å². The summed E-state index contributed by atoms with van der Waals surface area (Å²) in [5.41, 5.74) is 2.55. The third-order valence-electron chi connectivity index (χ3n) is 3.94. The standard InChI is InChI=1S/C21H24N2O4/c1-15-5-9-17(10-6-15)22-20(24)14-23(2)21(25)12-8-16-7-11-18(26-3)13-19(16)27-4/h5-13H,14H2,1-4H3,(H,22,24)/b12-8+. The van der Waals surface area contributed by atoms with Gasteiger partial charge in [0, 0.05) is 30.4 Å². The van der Waals surface area contributed by atoms with Crippen molar-refractivity contribution in [1.29, 1.82) is 0 Å². The van der Waals surface area contributed by atoms with Gasteiger partial charge in [-0.3, -0.25) is 9.59 Å². The number of rotatable bonds is 7. The van der Waals surface area contributed by atoms with Gasteiger partial charge in [-0.1, -0.05) is 17.7 Å². The van der Waals surface area contributed by atoms with Gasteiger partial charge in [-0.2, -0.15) is 0 Å². The van der Waals surface area contributed by atoms with Crippen molar-refractivity contribution in [3.63, 3.8) is 0 Å². The lowest BCUT2D eigenvalue weighted by molar-refractivity contribution is -0.129. The average Bonchev–Trinajstić information content (AvgIpc) is 2.67. The van der Waals surface area contributed by atoms with Crippen LogP contribution in [0.4, 0.5) is 5.69 Å². The number of benzene rings is 2. The molecule has 6 heteroatoms. The van der Waals surface area contributed by atoms with Crippen LogP contribution in [0.1, 0.15) is 11.1 Å². The second-order valence-electron chi connectivity index (χ2n) is 6.05. The molecule has 0 bridgehead atoms. The summed E-state index contributed by atoms with van der Waals surface area (Å²) in [5.74, 6) is 0.718. The summed E-state index contributed by atoms with van der Waals surface area (Å²) < 4.78 is 10.5. The van der Waals surface area contributed by atoms with Gasteiger partial charge in [0.1, 0.15) is 11.5 Å². The van der Waals surface area contributed by atoms with Gasteiger partial charge in [0.05, 0.1) is 20.8 Å². The molecule has 1 N–H and O–H groups in total. The summed E-state index contributed by atoms with van der Waals surface area (Å²) in [5, 5.41) is 2.77. The second-order valence-corrected chi connectivity index (χ2v) is 6.05. The molecule has 2 aromatic carbocycles. The number of methoxy groups -OCH3 is 2. The minimum Gasteiger partial charge on any atom is -0.497 e. The topological polar surface area (TPSA) is 67.9 Å². The Balaban J connectivity index is 1.95. The van der Waals surface area contributed by atoms with Gasteiger partial charge in [-0.25, -0.2) is 0 Å². The number of hydrogen-bond donors (Lipinski definition) is 1. The summed E-state index contributed by atoms with van der Waals surface area (Å²) in [6.45, 7) is 1.93. The summed E-state index contributed by atoms with van der Waals surface area (Å²) in [6.07, 6.45) is 3.05. The minimum atomic E-state index is -0.285. The largest absolute Gasteiger partial charge is 0.497 e. The highest BCUT2D eigenvalue weighted by Gasteiger charge is 2.11. The van der Waals surface area contributed by atoms with Crippen LogP contribution in [0.3, 0.4) is 0 Å². The van der Waals surface area contributed by atoms with E-state index >= 15 is 0 Å². The van der Waals surface area contributed by atoms with Crippen LogP contribution in [-0.2, 0) is 9.59 Å². The first-order chi connectivity index (χ1) is 12.9. The molecule has 0 heterocycles. The Morgan fingerprint density at radius 1 is 1.07 bits per heavy atom. The fourth-order valence-corrected chi connectivity index (χ4v) is 2.38. The quantitative estimate of drug-likeness (QED) is 0.763. The fraction of sp³-hybridized carbons (Fsp3) is 0.238. The predicted octanol–water partition coefficient (Wildman–Crippen LogP) is 3.12. The summed E-state index contributed by atoms with van der Waals surface area (Å²) >= 11 is 0. The molecule has 0 radical (unpaired) electrons. The van der Waals surface area contributed by atoms with Crippen molar-refractivity contribution < 1.29 is 19.1 Å². The first kappa shape index (κ1) is 20.0. The molecule has 27 heavy (non-hydrogen) atoms. The highest BCUT2D eigenvalue weighted by molar-refractivity contribution is 5.98. The summed E-state index contributed by atoms with van der Waals surface area (Å²) in [6, 6.07) is 12.8. The van der Waals surface area contributed by atoms with Crippen LogP contribution < -0.4 is 14.8 Å². The van der Waals surface area contributed by atoms with E-state index in [1.54, 1.807) is 45.5 Å². The summed E-state index contributed by atoms with van der Waals surface area (Å²) in [4.78, 5) is 25.7. The molecule has 0 saturated heterocycles. The minimum absolute atomic E-state index is 0.0448. The molecule has 0 saturated carbocycles. The van der Waals surface area contributed by atoms with E-state index in [1.165, 1.54) is 11.0 Å². The number of carbonyl (C=O) groups is 2. The number of ether oxygens (including phenoxy) is 2. The molecule has 6 nitrogen and oxygen atoms in total. The predicted molar refractivity (Wildman–Crippen MR) is 106 cm³/mol. The van der Waals surface area contributed by atoms with Crippen molar-refractivity contribution in [2.24, 2.45) is 0 Å². The average molecular weight is 368 g/mol. The first-order valence-corrected chi connectivity index (χ1v) is 8.44. The van der Waals surface area contributed by atoms with E-state index in [1.807, 2.05) is 31.2 Å². The molecule has 0 aliphatic carbocycles. The monoisotopic (exact) mass is 368 g/mol. The maximum absolute atomic E-state index is 12.3. The van der Waals surface area contributed by atoms with E-state index < -0.39 is 0 Å². The maximum atomic E-state index is 12.3. The van der Waals surface area contributed by atoms with Crippen LogP contribution in [0.25, 0.3) is 6.08 Å². The zero-order chi connectivity index (χ0) is 19.8. The highest BCUT2D eigenvalue weighted by atomic mass is 16.5. The van der Waals surface area contributed by atoms with E-state index in [0.717, 1.165) is 11.1 Å². The number of nitrogens with zero attached hydrogens (tertiary/aromatic N) is 1. The number of carbonyl (C=O) groups excluding carboxylic acids is 2. The van der Waals surface area contributed by atoms with Crippen molar-refractivity contribution >= 4 is 23.6 Å². The third kappa shape index (κ3) is 5.88. The number of nitrogens with one attached hydrogen (secondary N) is 1. The number of amides is 2. The van der Waals surface area contributed by atoms with Gasteiger partial charge in [0.2, 0.25) is 11.8 Å². The molecule has 2 amide bonds. The molecule has 2 aromatic rings. The van der Waals surface area contributed by atoms with Gasteiger partial charge < -0.3 is 19.7 Å². The van der Waals surface area contributed by atoms with Crippen LogP contribution in [0.5, 0.6) is 11.5 Å². The molecule has 2 rings (SSSR count). The maximum Gasteiger partial charge on any atom is 0.246 e. The molecule has 0 unspecified atom stereocenters. The van der Waals surface area contributed by atoms with Crippen LogP contribution in [0.2, 0.25) is 0 Å². The molecule has 0 aliphatic rings. The molecule has 0 spiro atoms. The lowest BCUT2D eigenvalue weighted by atomic mass is 10.1. The van der Waals surface area contributed by atoms with Crippen LogP contribution in [-0.4, -0.2) is 44.5 Å². The van der Waals surface area contributed by atoms with E-state index in [-0.39, 0.29) is 18.4 Å². The van der Waals surface area contributed by atoms with E-state index in [2.05, 4.69) is 5.32 Å². The Labute approximate surface area is 159 Å². The molecular weight excluding hydrogens is 344 g/mol. The number of hydrogen-bond acceptors (Lipinski definition) is 4. The van der Waals surface area contributed by atoms with Crippen LogP contribution in [0, 0.1) is 6.92 Å². The Hall–Kier alpha value is -3.28. The van der Waals surface area contributed by atoms with E-state index in [9.17, 15) is 9.59 Å². The Morgan fingerprint density at radius 3 is 2.41 bits per heavy atom. The number of aryl methyl sites for hydroxylation is 1. The van der Waals surface area contributed by atoms with E-state index in [4.69, 9.17) is 9.47 Å². The molecular formula is C21H24N2O4. The van der Waals surface area contributed by atoms with Gasteiger partial charge in [0.15, 0.2) is 0 Å². The highest BCUT2D eigenvalue weighted by Crippen LogP contribution is 2.25. The van der Waals surface area contributed by atoms with Crippen LogP contribution in [0.15, 0.2) is 48.5 Å². The zero-order valence-corrected chi connectivity index (χ0v) is 16.0. The smallest absolute Gasteiger partial charge is 0.246 e. The van der Waals surface area contributed by atoms with Crippen molar-refractivity contribution in [3.05, 3.63) is 59.7 Å². The Morgan fingerprint density at radius 2 is 1.78 bits per heavy atom. The molecule has 0 aromatic heterocycles. The molecule has 142 valence electrons. The van der Waals surface area contributed by atoms with Gasteiger partial charge in [-0.05, 0) is 37.3 Å². The second kappa shape index (κ2) is 9.43. The fourth-order valence-electron chi connectivity index (χ4n) is 2.38. The Bertz CT molecular complexity index is 829. The van der Waals surface area contributed by atoms with Crippen molar-refractivity contribution in [3.8, 4) is 11.5 Å². The lowest BCUT2D eigenvalue weighted by Gasteiger charge is -2.15. The number of likely N-dealkylation sites (N-methyl/N-ethyl adjacent to an activating group) is 1. The van der Waals surface area contributed by atoms with Crippen LogP contribution >= 0.6 is 0 Å². The first-order valence-electron chi connectivity index (χ1n) is 8.44. The molecule has 0 fully saturated rings. The van der Waals surface area contributed by atoms with Gasteiger partial charge in [0.25, 0.3) is 0 Å². The zero-order valence-electron chi connectivity index (χ0n) is 16.0.